The molecule has 2 nitrogen and oxygen atoms in total. The van der Waals surface area contributed by atoms with Crippen LogP contribution in [0.2, 0.25) is 0 Å². The van der Waals surface area contributed by atoms with Crippen LogP contribution in [0.1, 0.15) is 11.3 Å². The van der Waals surface area contributed by atoms with E-state index in [1.807, 2.05) is 13.0 Å². The van der Waals surface area contributed by atoms with E-state index < -0.39 is 0 Å². The molecule has 2 aromatic rings. The highest BCUT2D eigenvalue weighted by Crippen LogP contribution is 2.16. The normalized spacial score (nSPS) is 10.6. The Morgan fingerprint density at radius 1 is 1.40 bits per heavy atom. The number of halogens is 2. The Morgan fingerprint density at radius 2 is 2.20 bits per heavy atom. The Balaban J connectivity index is 2.32. The molecule has 15 heavy (non-hydrogen) atoms. The number of hydrogen-bond acceptors (Lipinski definition) is 1. The Kier molecular flexibility index (Phi) is 2.86. The summed E-state index contributed by atoms with van der Waals surface area (Å²) in [6.07, 6.45) is 1.71. The molecule has 0 saturated carbocycles. The molecule has 0 aliphatic rings. The van der Waals surface area contributed by atoms with Crippen molar-refractivity contribution in [3.63, 3.8) is 0 Å². The number of hydrogen-bond donors (Lipinski definition) is 0. The maximum Gasteiger partial charge on any atom is 0.128 e. The molecule has 2 rings (SSSR count). The SMILES string of the molecule is Cc1ccnn1Cc1cc(Br)ccc1F. The van der Waals surface area contributed by atoms with Gasteiger partial charge in [-0.1, -0.05) is 15.9 Å². The van der Waals surface area contributed by atoms with E-state index in [1.165, 1.54) is 6.07 Å². The van der Waals surface area contributed by atoms with Crippen LogP contribution in [0.15, 0.2) is 34.9 Å². The molecule has 0 spiro atoms. The zero-order valence-corrected chi connectivity index (χ0v) is 9.83. The third kappa shape index (κ3) is 2.26. The second-order valence-electron chi connectivity index (χ2n) is 3.37. The summed E-state index contributed by atoms with van der Waals surface area (Å²) in [7, 11) is 0. The van der Waals surface area contributed by atoms with Crippen LogP contribution in [0.4, 0.5) is 4.39 Å². The van der Waals surface area contributed by atoms with Crippen LogP contribution >= 0.6 is 15.9 Å². The van der Waals surface area contributed by atoms with Crippen molar-refractivity contribution < 1.29 is 4.39 Å². The van der Waals surface area contributed by atoms with Gasteiger partial charge < -0.3 is 0 Å². The molecule has 1 aromatic heterocycles. The fourth-order valence-corrected chi connectivity index (χ4v) is 1.80. The molecule has 0 amide bonds. The van der Waals surface area contributed by atoms with Gasteiger partial charge in [0.25, 0.3) is 0 Å². The number of benzene rings is 1. The Hall–Kier alpha value is -1.16. The summed E-state index contributed by atoms with van der Waals surface area (Å²) in [6.45, 7) is 2.41. The molecule has 0 fully saturated rings. The Bertz CT molecular complexity index is 479. The molecule has 1 heterocycles. The van der Waals surface area contributed by atoms with Gasteiger partial charge in [0.05, 0.1) is 6.54 Å². The second-order valence-corrected chi connectivity index (χ2v) is 4.28. The summed E-state index contributed by atoms with van der Waals surface area (Å²) in [5.74, 6) is -0.201. The molecule has 0 aliphatic heterocycles. The minimum absolute atomic E-state index is 0.201. The number of aromatic nitrogens is 2. The van der Waals surface area contributed by atoms with Crippen molar-refractivity contribution in [2.75, 3.05) is 0 Å². The van der Waals surface area contributed by atoms with E-state index in [-0.39, 0.29) is 5.82 Å². The first-order valence-corrected chi connectivity index (χ1v) is 5.38. The van der Waals surface area contributed by atoms with Crippen LogP contribution in [0, 0.1) is 12.7 Å². The van der Waals surface area contributed by atoms with Crippen LogP contribution in [-0.4, -0.2) is 9.78 Å². The van der Waals surface area contributed by atoms with Crippen molar-refractivity contribution in [2.24, 2.45) is 0 Å². The monoisotopic (exact) mass is 268 g/mol. The zero-order chi connectivity index (χ0) is 10.8. The standard InChI is InChI=1S/C11H10BrFN2/c1-8-4-5-14-15(8)7-9-6-10(12)2-3-11(9)13/h2-6H,7H2,1H3. The topological polar surface area (TPSA) is 17.8 Å². The van der Waals surface area contributed by atoms with Gasteiger partial charge in [0.2, 0.25) is 0 Å². The third-order valence-electron chi connectivity index (χ3n) is 2.26. The van der Waals surface area contributed by atoms with Crippen LogP contribution in [-0.2, 0) is 6.54 Å². The van der Waals surface area contributed by atoms with E-state index in [0.717, 1.165) is 10.2 Å². The summed E-state index contributed by atoms with van der Waals surface area (Å²) in [6, 6.07) is 6.82. The molecule has 1 aromatic carbocycles. The molecule has 0 aliphatic carbocycles. The fraction of sp³-hybridized carbons (Fsp3) is 0.182. The number of rotatable bonds is 2. The zero-order valence-electron chi connectivity index (χ0n) is 8.24. The molecule has 0 bridgehead atoms. The van der Waals surface area contributed by atoms with E-state index in [4.69, 9.17) is 0 Å². The summed E-state index contributed by atoms with van der Waals surface area (Å²) in [4.78, 5) is 0. The first-order chi connectivity index (χ1) is 7.16. The van der Waals surface area contributed by atoms with E-state index in [9.17, 15) is 4.39 Å². The van der Waals surface area contributed by atoms with Crippen LogP contribution in [0.5, 0.6) is 0 Å². The van der Waals surface area contributed by atoms with Crippen molar-refractivity contribution in [3.8, 4) is 0 Å². The smallest absolute Gasteiger partial charge is 0.128 e. The van der Waals surface area contributed by atoms with Crippen molar-refractivity contribution in [1.82, 2.24) is 9.78 Å². The van der Waals surface area contributed by atoms with Gasteiger partial charge in [0, 0.05) is 21.9 Å². The van der Waals surface area contributed by atoms with Crippen molar-refractivity contribution in [1.29, 1.82) is 0 Å². The second kappa shape index (κ2) is 4.14. The van der Waals surface area contributed by atoms with Gasteiger partial charge in [0.1, 0.15) is 5.82 Å². The molecule has 0 N–H and O–H groups in total. The molecular weight excluding hydrogens is 259 g/mol. The average molecular weight is 269 g/mol. The van der Waals surface area contributed by atoms with Crippen LogP contribution < -0.4 is 0 Å². The Morgan fingerprint density at radius 3 is 2.87 bits per heavy atom. The first-order valence-electron chi connectivity index (χ1n) is 4.59. The molecule has 4 heteroatoms. The van der Waals surface area contributed by atoms with E-state index in [2.05, 4.69) is 21.0 Å². The van der Waals surface area contributed by atoms with Gasteiger partial charge >= 0.3 is 0 Å². The lowest BCUT2D eigenvalue weighted by atomic mass is 10.2. The van der Waals surface area contributed by atoms with Gasteiger partial charge in [-0.2, -0.15) is 5.10 Å². The highest BCUT2D eigenvalue weighted by atomic mass is 79.9. The minimum atomic E-state index is -0.201. The van der Waals surface area contributed by atoms with Crippen LogP contribution in [0.3, 0.4) is 0 Å². The predicted octanol–water partition coefficient (Wildman–Crippen LogP) is 3.14. The fourth-order valence-electron chi connectivity index (χ4n) is 1.39. The van der Waals surface area contributed by atoms with Crippen molar-refractivity contribution >= 4 is 15.9 Å². The average Bonchev–Trinajstić information content (AvgIpc) is 2.58. The lowest BCUT2D eigenvalue weighted by Crippen LogP contribution is -2.05. The quantitative estimate of drug-likeness (QED) is 0.819. The summed E-state index contributed by atoms with van der Waals surface area (Å²) in [5, 5.41) is 4.12. The first kappa shape index (κ1) is 10.4. The predicted molar refractivity (Wildman–Crippen MR) is 60.2 cm³/mol. The lowest BCUT2D eigenvalue weighted by Gasteiger charge is -2.06. The number of nitrogens with zero attached hydrogens (tertiary/aromatic N) is 2. The lowest BCUT2D eigenvalue weighted by molar-refractivity contribution is 0.580. The maximum absolute atomic E-state index is 13.4. The van der Waals surface area contributed by atoms with E-state index >= 15 is 0 Å². The van der Waals surface area contributed by atoms with Gasteiger partial charge in [-0.3, -0.25) is 4.68 Å². The molecule has 0 unspecified atom stereocenters. The largest absolute Gasteiger partial charge is 0.265 e. The van der Waals surface area contributed by atoms with E-state index in [0.29, 0.717) is 12.1 Å². The van der Waals surface area contributed by atoms with Crippen molar-refractivity contribution in [2.45, 2.75) is 13.5 Å². The summed E-state index contributed by atoms with van der Waals surface area (Å²) < 4.78 is 16.1. The van der Waals surface area contributed by atoms with Gasteiger partial charge in [-0.25, -0.2) is 4.39 Å². The number of aryl methyl sites for hydroxylation is 1. The molecular formula is C11H10BrFN2. The van der Waals surface area contributed by atoms with E-state index in [1.54, 1.807) is 23.0 Å². The molecule has 78 valence electrons. The summed E-state index contributed by atoms with van der Waals surface area (Å²) in [5.41, 5.74) is 1.66. The van der Waals surface area contributed by atoms with Crippen molar-refractivity contribution in [3.05, 3.63) is 52.0 Å². The minimum Gasteiger partial charge on any atom is -0.265 e. The highest BCUT2D eigenvalue weighted by molar-refractivity contribution is 9.10. The molecule has 0 radical (unpaired) electrons. The van der Waals surface area contributed by atoms with Gasteiger partial charge in [-0.05, 0) is 31.2 Å². The van der Waals surface area contributed by atoms with Gasteiger partial charge in [0.15, 0.2) is 0 Å². The van der Waals surface area contributed by atoms with Gasteiger partial charge in [-0.15, -0.1) is 0 Å². The molecule has 0 atom stereocenters. The maximum atomic E-state index is 13.4. The molecule has 0 saturated heterocycles. The summed E-state index contributed by atoms with van der Waals surface area (Å²) >= 11 is 3.32. The Labute approximate surface area is 95.9 Å². The highest BCUT2D eigenvalue weighted by Gasteiger charge is 2.05. The third-order valence-corrected chi connectivity index (χ3v) is 2.75. The van der Waals surface area contributed by atoms with Crippen LogP contribution in [0.25, 0.3) is 0 Å².